The Hall–Kier alpha value is -1.42. The van der Waals surface area contributed by atoms with E-state index in [0.29, 0.717) is 11.1 Å². The van der Waals surface area contributed by atoms with Gasteiger partial charge in [-0.1, -0.05) is 0 Å². The summed E-state index contributed by atoms with van der Waals surface area (Å²) in [7, 11) is 1.50. The van der Waals surface area contributed by atoms with Gasteiger partial charge in [0.1, 0.15) is 0 Å². The lowest BCUT2D eigenvalue weighted by atomic mass is 9.89. The van der Waals surface area contributed by atoms with E-state index >= 15 is 0 Å². The van der Waals surface area contributed by atoms with Crippen LogP contribution in [0.2, 0.25) is 0 Å². The zero-order chi connectivity index (χ0) is 11.6. The molecule has 0 saturated heterocycles. The molecule has 4 nitrogen and oxygen atoms in total. The summed E-state index contributed by atoms with van der Waals surface area (Å²) in [4.78, 5) is 22.4. The number of ether oxygens (including phenoxy) is 1. The molecule has 0 atom stereocenters. The van der Waals surface area contributed by atoms with Crippen LogP contribution in [0.15, 0.2) is 23.3 Å². The van der Waals surface area contributed by atoms with Crippen molar-refractivity contribution in [3.05, 3.63) is 23.3 Å². The zero-order valence-corrected chi connectivity index (χ0v) is 9.38. The van der Waals surface area contributed by atoms with Gasteiger partial charge in [-0.15, -0.1) is 0 Å². The highest BCUT2D eigenvalue weighted by Gasteiger charge is 2.37. The van der Waals surface area contributed by atoms with Crippen molar-refractivity contribution in [2.75, 3.05) is 7.11 Å². The Morgan fingerprint density at radius 3 is 2.13 bits per heavy atom. The topological polar surface area (TPSA) is 55.4 Å². The van der Waals surface area contributed by atoms with Crippen molar-refractivity contribution in [2.45, 2.75) is 26.5 Å². The molecule has 0 unspecified atom stereocenters. The van der Waals surface area contributed by atoms with Crippen molar-refractivity contribution in [1.82, 2.24) is 5.32 Å². The van der Waals surface area contributed by atoms with Crippen molar-refractivity contribution in [3.63, 3.8) is 0 Å². The van der Waals surface area contributed by atoms with Gasteiger partial charge in [0.15, 0.2) is 11.5 Å². The molecule has 0 saturated carbocycles. The summed E-state index contributed by atoms with van der Waals surface area (Å²) in [6.45, 7) is 4.93. The summed E-state index contributed by atoms with van der Waals surface area (Å²) in [6, 6.07) is 0. The quantitative estimate of drug-likeness (QED) is 0.689. The predicted octanol–water partition coefficient (Wildman–Crippen LogP) is 0.941. The van der Waals surface area contributed by atoms with Crippen molar-refractivity contribution in [2.24, 2.45) is 0 Å². The van der Waals surface area contributed by atoms with Gasteiger partial charge in [-0.05, 0) is 37.1 Å². The largest absolute Gasteiger partial charge is 0.351 e. The van der Waals surface area contributed by atoms with Crippen LogP contribution in [0.1, 0.15) is 20.8 Å². The maximum Gasteiger partial charge on any atom is 0.219 e. The number of methoxy groups -OCH3 is 1. The van der Waals surface area contributed by atoms with Crippen LogP contribution in [0.25, 0.3) is 0 Å². The van der Waals surface area contributed by atoms with Crippen molar-refractivity contribution >= 4 is 11.7 Å². The minimum absolute atomic E-state index is 0.0805. The van der Waals surface area contributed by atoms with Crippen LogP contribution in [0.4, 0.5) is 0 Å². The minimum Gasteiger partial charge on any atom is -0.351 e. The van der Waals surface area contributed by atoms with E-state index in [0.717, 1.165) is 0 Å². The highest BCUT2D eigenvalue weighted by Crippen LogP contribution is 2.29. The van der Waals surface area contributed by atoms with Crippen LogP contribution >= 0.6 is 0 Å². The van der Waals surface area contributed by atoms with Gasteiger partial charge in [0.25, 0.3) is 0 Å². The van der Waals surface area contributed by atoms with Gasteiger partial charge in [-0.2, -0.15) is 0 Å². The Labute approximate surface area is 89.0 Å². The first-order chi connectivity index (χ1) is 6.92. The molecular formula is C11H15NO3. The number of allylic oxidation sites excluding steroid dienone is 2. The first-order valence-electron chi connectivity index (χ1n) is 4.68. The van der Waals surface area contributed by atoms with E-state index < -0.39 is 5.72 Å². The molecule has 82 valence electrons. The Morgan fingerprint density at radius 2 is 1.80 bits per heavy atom. The van der Waals surface area contributed by atoms with Gasteiger partial charge >= 0.3 is 0 Å². The molecule has 0 aromatic heterocycles. The molecule has 0 aliphatic heterocycles. The van der Waals surface area contributed by atoms with Gasteiger partial charge in [0.05, 0.1) is 0 Å². The molecule has 15 heavy (non-hydrogen) atoms. The molecule has 0 heterocycles. The monoisotopic (exact) mass is 209 g/mol. The van der Waals surface area contributed by atoms with Crippen molar-refractivity contribution < 1.29 is 14.3 Å². The van der Waals surface area contributed by atoms with Crippen LogP contribution in [-0.2, 0) is 14.3 Å². The molecule has 1 amide bonds. The van der Waals surface area contributed by atoms with Crippen LogP contribution in [0.3, 0.4) is 0 Å². The van der Waals surface area contributed by atoms with Gasteiger partial charge in [0.2, 0.25) is 5.91 Å². The molecule has 0 fully saturated rings. The lowest BCUT2D eigenvalue weighted by Gasteiger charge is -2.36. The highest BCUT2D eigenvalue weighted by atomic mass is 16.5. The molecule has 0 aromatic carbocycles. The number of carbonyl (C=O) groups is 2. The van der Waals surface area contributed by atoms with E-state index in [1.54, 1.807) is 13.8 Å². The summed E-state index contributed by atoms with van der Waals surface area (Å²) in [5.41, 5.74) is 0.412. The van der Waals surface area contributed by atoms with Crippen LogP contribution in [-0.4, -0.2) is 24.5 Å². The fraction of sp³-hybridized carbons (Fsp3) is 0.455. The number of amides is 1. The summed E-state index contributed by atoms with van der Waals surface area (Å²) >= 11 is 0. The Balaban J connectivity index is 3.17. The molecule has 1 aliphatic rings. The van der Waals surface area contributed by atoms with Gasteiger partial charge in [-0.25, -0.2) is 0 Å². The average Bonchev–Trinajstić information content (AvgIpc) is 2.11. The summed E-state index contributed by atoms with van der Waals surface area (Å²) in [5, 5.41) is 2.72. The molecule has 0 radical (unpaired) electrons. The molecule has 1 aliphatic carbocycles. The number of ketones is 1. The van der Waals surface area contributed by atoms with Crippen molar-refractivity contribution in [1.29, 1.82) is 0 Å². The Kier molecular flexibility index (Phi) is 3.09. The Bertz CT molecular complexity index is 344. The molecule has 0 bridgehead atoms. The van der Waals surface area contributed by atoms with Gasteiger partial charge in [0, 0.05) is 14.0 Å². The predicted molar refractivity (Wildman–Crippen MR) is 56.1 cm³/mol. The third-order valence-electron chi connectivity index (χ3n) is 2.49. The van der Waals surface area contributed by atoms with Crippen LogP contribution < -0.4 is 5.32 Å². The number of nitrogens with one attached hydrogen (secondary N) is 1. The molecule has 1 rings (SSSR count). The van der Waals surface area contributed by atoms with E-state index in [-0.39, 0.29) is 11.7 Å². The molecule has 0 spiro atoms. The van der Waals surface area contributed by atoms with Gasteiger partial charge < -0.3 is 10.1 Å². The van der Waals surface area contributed by atoms with E-state index in [9.17, 15) is 9.59 Å². The number of carbonyl (C=O) groups excluding carboxylic acids is 2. The lowest BCUT2D eigenvalue weighted by molar-refractivity contribution is -0.125. The average molecular weight is 209 g/mol. The zero-order valence-electron chi connectivity index (χ0n) is 9.38. The summed E-state index contributed by atoms with van der Waals surface area (Å²) < 4.78 is 5.34. The standard InChI is InChI=1S/C11H15NO3/c1-7-5-10(14)6-8(2)11(7,15-4)12-9(3)13/h5-6H,1-4H3,(H,12,13). The minimum atomic E-state index is -0.959. The first-order valence-corrected chi connectivity index (χ1v) is 4.68. The maximum atomic E-state index is 11.3. The normalized spacial score (nSPS) is 19.3. The third-order valence-corrected chi connectivity index (χ3v) is 2.49. The molecule has 4 heteroatoms. The van der Waals surface area contributed by atoms with E-state index in [2.05, 4.69) is 5.32 Å². The smallest absolute Gasteiger partial charge is 0.219 e. The summed E-state index contributed by atoms with van der Waals surface area (Å²) in [6.07, 6.45) is 2.93. The van der Waals surface area contributed by atoms with Crippen molar-refractivity contribution in [3.8, 4) is 0 Å². The van der Waals surface area contributed by atoms with E-state index in [1.807, 2.05) is 0 Å². The molecular weight excluding hydrogens is 194 g/mol. The number of hydrogen-bond donors (Lipinski definition) is 1. The third kappa shape index (κ3) is 1.99. The van der Waals surface area contributed by atoms with Crippen LogP contribution in [0, 0.1) is 0 Å². The number of hydrogen-bond acceptors (Lipinski definition) is 3. The fourth-order valence-electron chi connectivity index (χ4n) is 1.80. The van der Waals surface area contributed by atoms with Gasteiger partial charge in [-0.3, -0.25) is 9.59 Å². The van der Waals surface area contributed by atoms with E-state index in [4.69, 9.17) is 4.74 Å². The second kappa shape index (κ2) is 3.98. The van der Waals surface area contributed by atoms with Crippen LogP contribution in [0.5, 0.6) is 0 Å². The fourth-order valence-corrected chi connectivity index (χ4v) is 1.80. The Morgan fingerprint density at radius 1 is 1.33 bits per heavy atom. The summed E-state index contributed by atoms with van der Waals surface area (Å²) in [5.74, 6) is -0.283. The maximum absolute atomic E-state index is 11.3. The van der Waals surface area contributed by atoms with E-state index in [1.165, 1.54) is 26.2 Å². The first kappa shape index (κ1) is 11.7. The highest BCUT2D eigenvalue weighted by molar-refractivity contribution is 6.02. The molecule has 1 N–H and O–H groups in total. The second-order valence-electron chi connectivity index (χ2n) is 3.62. The second-order valence-corrected chi connectivity index (χ2v) is 3.62. The SMILES string of the molecule is COC1(NC(C)=O)C(C)=CC(=O)C=C1C. The molecule has 0 aromatic rings. The lowest BCUT2D eigenvalue weighted by Crippen LogP contribution is -2.52. The number of rotatable bonds is 2.